The van der Waals surface area contributed by atoms with Crippen LogP contribution in [-0.2, 0) is 4.74 Å². The summed E-state index contributed by atoms with van der Waals surface area (Å²) in [4.78, 5) is 0. The summed E-state index contributed by atoms with van der Waals surface area (Å²) in [5.74, 6) is 0.176. The first-order valence-corrected chi connectivity index (χ1v) is 8.56. The van der Waals surface area contributed by atoms with Crippen LogP contribution in [0, 0.1) is 0 Å². The Balaban J connectivity index is 1.93. The molecule has 0 unspecified atom stereocenters. The lowest BCUT2D eigenvalue weighted by Gasteiger charge is -2.23. The maximum Gasteiger partial charge on any atom is 0.0897 e. The minimum atomic E-state index is -0.503. The zero-order chi connectivity index (χ0) is 17.4. The second-order valence-electron chi connectivity index (χ2n) is 7.20. The van der Waals surface area contributed by atoms with Crippen LogP contribution in [-0.4, -0.2) is 36.5 Å². The molecule has 3 nitrogen and oxygen atoms in total. The van der Waals surface area contributed by atoms with Gasteiger partial charge >= 0.3 is 0 Å². The number of aliphatic hydroxyl groups excluding tert-OH is 1. The smallest absolute Gasteiger partial charge is 0.0897 e. The molecule has 1 atom stereocenters. The van der Waals surface area contributed by atoms with Gasteiger partial charge in [0.15, 0.2) is 0 Å². The predicted octanol–water partition coefficient (Wildman–Crippen LogP) is 3.58. The van der Waals surface area contributed by atoms with Crippen molar-refractivity contribution in [3.63, 3.8) is 0 Å². The Morgan fingerprint density at radius 3 is 1.83 bits per heavy atom. The summed E-state index contributed by atoms with van der Waals surface area (Å²) in [7, 11) is 0. The number of ether oxygens (including phenoxy) is 1. The Morgan fingerprint density at radius 1 is 0.875 bits per heavy atom. The van der Waals surface area contributed by atoms with E-state index in [1.807, 2.05) is 36.4 Å². The first-order valence-electron chi connectivity index (χ1n) is 8.56. The standard InChI is InChI=1S/C21H29NO2/c1-21(2,3)22-14-19(23)15-24-16-20(17-10-6-4-7-11-17)18-12-8-5-9-13-18/h4-13,19-20,22-23H,14-16H2,1-3H3/t19-/m0/s1. The fourth-order valence-electron chi connectivity index (χ4n) is 2.56. The van der Waals surface area contributed by atoms with E-state index in [9.17, 15) is 5.11 Å². The van der Waals surface area contributed by atoms with Gasteiger partial charge in [-0.25, -0.2) is 0 Å². The van der Waals surface area contributed by atoms with E-state index in [0.717, 1.165) is 0 Å². The molecule has 2 aromatic rings. The van der Waals surface area contributed by atoms with Crippen LogP contribution in [0.4, 0.5) is 0 Å². The molecule has 24 heavy (non-hydrogen) atoms. The fourth-order valence-corrected chi connectivity index (χ4v) is 2.56. The average molecular weight is 327 g/mol. The molecule has 0 radical (unpaired) electrons. The molecular formula is C21H29NO2. The van der Waals surface area contributed by atoms with Crippen molar-refractivity contribution in [3.05, 3.63) is 71.8 Å². The Kier molecular flexibility index (Phi) is 6.98. The van der Waals surface area contributed by atoms with Crippen molar-refractivity contribution in [2.24, 2.45) is 0 Å². The van der Waals surface area contributed by atoms with E-state index in [2.05, 4.69) is 50.4 Å². The third kappa shape index (κ3) is 6.44. The quantitative estimate of drug-likeness (QED) is 0.778. The van der Waals surface area contributed by atoms with Crippen LogP contribution < -0.4 is 5.32 Å². The fraction of sp³-hybridized carbons (Fsp3) is 0.429. The van der Waals surface area contributed by atoms with Crippen molar-refractivity contribution >= 4 is 0 Å². The molecule has 0 saturated heterocycles. The zero-order valence-corrected chi connectivity index (χ0v) is 14.9. The van der Waals surface area contributed by atoms with Gasteiger partial charge in [-0.15, -0.1) is 0 Å². The average Bonchev–Trinajstić information content (AvgIpc) is 2.58. The molecule has 0 aliphatic heterocycles. The lowest BCUT2D eigenvalue weighted by molar-refractivity contribution is 0.0313. The van der Waals surface area contributed by atoms with Crippen molar-refractivity contribution in [1.82, 2.24) is 5.32 Å². The van der Waals surface area contributed by atoms with Crippen molar-refractivity contribution in [2.45, 2.75) is 38.3 Å². The van der Waals surface area contributed by atoms with E-state index >= 15 is 0 Å². The highest BCUT2D eigenvalue weighted by atomic mass is 16.5. The van der Waals surface area contributed by atoms with Crippen LogP contribution in [0.2, 0.25) is 0 Å². The van der Waals surface area contributed by atoms with Gasteiger partial charge in [0.1, 0.15) is 0 Å². The van der Waals surface area contributed by atoms with Gasteiger partial charge in [0.25, 0.3) is 0 Å². The number of hydrogen-bond donors (Lipinski definition) is 2. The highest BCUT2D eigenvalue weighted by molar-refractivity contribution is 5.32. The Morgan fingerprint density at radius 2 is 1.38 bits per heavy atom. The molecule has 130 valence electrons. The second-order valence-corrected chi connectivity index (χ2v) is 7.20. The monoisotopic (exact) mass is 327 g/mol. The van der Waals surface area contributed by atoms with Crippen molar-refractivity contribution in [1.29, 1.82) is 0 Å². The van der Waals surface area contributed by atoms with E-state index in [1.165, 1.54) is 11.1 Å². The van der Waals surface area contributed by atoms with Gasteiger partial charge in [0.2, 0.25) is 0 Å². The molecule has 2 N–H and O–H groups in total. The third-order valence-electron chi connectivity index (χ3n) is 3.87. The lowest BCUT2D eigenvalue weighted by Crippen LogP contribution is -2.42. The third-order valence-corrected chi connectivity index (χ3v) is 3.87. The molecule has 0 aromatic heterocycles. The molecule has 0 amide bonds. The molecule has 0 heterocycles. The summed E-state index contributed by atoms with van der Waals surface area (Å²) < 4.78 is 5.84. The molecule has 0 bridgehead atoms. The van der Waals surface area contributed by atoms with Gasteiger partial charge in [0, 0.05) is 18.0 Å². The van der Waals surface area contributed by atoms with Crippen LogP contribution in [0.3, 0.4) is 0 Å². The SMILES string of the molecule is CC(C)(C)NC[C@H](O)COCC(c1ccccc1)c1ccccc1. The molecule has 0 fully saturated rings. The molecule has 0 aliphatic rings. The number of β-amino-alcohol motifs (C(OH)–C–C–N with tert-alkyl or cyclic N) is 1. The first-order chi connectivity index (χ1) is 11.5. The second kappa shape index (κ2) is 8.97. The van der Waals surface area contributed by atoms with Crippen molar-refractivity contribution < 1.29 is 9.84 Å². The number of nitrogens with one attached hydrogen (secondary N) is 1. The molecule has 0 spiro atoms. The predicted molar refractivity (Wildman–Crippen MR) is 99.3 cm³/mol. The van der Waals surface area contributed by atoms with Crippen LogP contribution in [0.15, 0.2) is 60.7 Å². The minimum Gasteiger partial charge on any atom is -0.389 e. The summed E-state index contributed by atoms with van der Waals surface area (Å²) in [6, 6.07) is 20.7. The van der Waals surface area contributed by atoms with E-state index in [1.54, 1.807) is 0 Å². The van der Waals surface area contributed by atoms with Gasteiger partial charge in [-0.3, -0.25) is 0 Å². The van der Waals surface area contributed by atoms with Gasteiger partial charge in [-0.05, 0) is 31.9 Å². The Hall–Kier alpha value is -1.68. The van der Waals surface area contributed by atoms with Gasteiger partial charge in [-0.1, -0.05) is 60.7 Å². The number of rotatable bonds is 8. The normalized spacial score (nSPS) is 13.2. The van der Waals surface area contributed by atoms with Crippen molar-refractivity contribution in [3.8, 4) is 0 Å². The molecule has 3 heteroatoms. The minimum absolute atomic E-state index is 0.00239. The summed E-state index contributed by atoms with van der Waals surface area (Å²) >= 11 is 0. The van der Waals surface area contributed by atoms with E-state index in [4.69, 9.17) is 4.74 Å². The molecule has 0 aliphatic carbocycles. The summed E-state index contributed by atoms with van der Waals surface area (Å²) in [5, 5.41) is 13.4. The molecule has 2 rings (SSSR count). The Bertz CT molecular complexity index is 538. The van der Waals surface area contributed by atoms with Crippen LogP contribution in [0.5, 0.6) is 0 Å². The van der Waals surface area contributed by atoms with Crippen LogP contribution >= 0.6 is 0 Å². The number of benzene rings is 2. The highest BCUT2D eigenvalue weighted by Gasteiger charge is 2.16. The number of aliphatic hydroxyl groups is 1. The van der Waals surface area contributed by atoms with Gasteiger partial charge in [-0.2, -0.15) is 0 Å². The van der Waals surface area contributed by atoms with E-state index in [-0.39, 0.29) is 11.5 Å². The van der Waals surface area contributed by atoms with E-state index in [0.29, 0.717) is 19.8 Å². The maximum absolute atomic E-state index is 10.1. The Labute approximate surface area is 145 Å². The highest BCUT2D eigenvalue weighted by Crippen LogP contribution is 2.24. The van der Waals surface area contributed by atoms with Gasteiger partial charge in [0.05, 0.1) is 19.3 Å². The topological polar surface area (TPSA) is 41.5 Å². The first kappa shape index (κ1) is 18.7. The molecular weight excluding hydrogens is 298 g/mol. The van der Waals surface area contributed by atoms with Crippen molar-refractivity contribution in [2.75, 3.05) is 19.8 Å². The molecule has 0 saturated carbocycles. The van der Waals surface area contributed by atoms with Crippen LogP contribution in [0.1, 0.15) is 37.8 Å². The number of hydrogen-bond acceptors (Lipinski definition) is 3. The lowest BCUT2D eigenvalue weighted by atomic mass is 9.92. The van der Waals surface area contributed by atoms with Crippen LogP contribution in [0.25, 0.3) is 0 Å². The molecule has 2 aromatic carbocycles. The van der Waals surface area contributed by atoms with Gasteiger partial charge < -0.3 is 15.2 Å². The largest absolute Gasteiger partial charge is 0.389 e. The summed E-state index contributed by atoms with van der Waals surface area (Å²) in [6.07, 6.45) is -0.503. The maximum atomic E-state index is 10.1. The van der Waals surface area contributed by atoms with E-state index < -0.39 is 6.10 Å². The zero-order valence-electron chi connectivity index (χ0n) is 14.9. The summed E-state index contributed by atoms with van der Waals surface area (Å²) in [5.41, 5.74) is 2.45. The summed E-state index contributed by atoms with van der Waals surface area (Å²) in [6.45, 7) is 7.68.